The Balaban J connectivity index is 1.96. The molecule has 4 nitrogen and oxygen atoms in total. The highest BCUT2D eigenvalue weighted by Crippen LogP contribution is 2.20. The van der Waals surface area contributed by atoms with E-state index < -0.39 is 6.61 Å². The second-order valence-electron chi connectivity index (χ2n) is 3.94. The Labute approximate surface area is 114 Å². The Morgan fingerprint density at radius 3 is 2.79 bits per heavy atom. The van der Waals surface area contributed by atoms with Gasteiger partial charge in [-0.2, -0.15) is 20.5 Å². The van der Waals surface area contributed by atoms with E-state index >= 15 is 0 Å². The van der Waals surface area contributed by atoms with E-state index in [-0.39, 0.29) is 11.8 Å². The number of benzene rings is 1. The number of rotatable bonds is 3. The van der Waals surface area contributed by atoms with Gasteiger partial charge in [0.15, 0.2) is 0 Å². The summed E-state index contributed by atoms with van der Waals surface area (Å²) in [6.07, 6.45) is 0. The van der Waals surface area contributed by atoms with Gasteiger partial charge in [-0.15, -0.1) is 0 Å². The van der Waals surface area contributed by atoms with Gasteiger partial charge in [-0.05, 0) is 12.1 Å². The molecule has 0 bridgehead atoms. The lowest BCUT2D eigenvalue weighted by Gasteiger charge is -2.26. The second-order valence-corrected chi connectivity index (χ2v) is 5.16. The quantitative estimate of drug-likeness (QED) is 0.930. The number of hydrogen-bond donors (Lipinski definition) is 1. The molecule has 1 aliphatic heterocycles. The van der Waals surface area contributed by atoms with Gasteiger partial charge in [0.1, 0.15) is 5.75 Å². The van der Waals surface area contributed by atoms with Crippen molar-refractivity contribution in [1.82, 2.24) is 4.90 Å². The van der Waals surface area contributed by atoms with Crippen molar-refractivity contribution in [1.29, 1.82) is 0 Å². The molecular formula is C12H14F2N2O2S. The number of halogens is 2. The summed E-state index contributed by atoms with van der Waals surface area (Å²) in [5.41, 5.74) is 0.446. The van der Waals surface area contributed by atoms with Gasteiger partial charge >= 0.3 is 12.6 Å². The number of anilines is 1. The minimum absolute atomic E-state index is 0.0296. The molecule has 19 heavy (non-hydrogen) atoms. The molecule has 1 aromatic rings. The molecule has 0 aliphatic carbocycles. The molecule has 0 spiro atoms. The lowest BCUT2D eigenvalue weighted by molar-refractivity contribution is -0.0497. The molecule has 1 N–H and O–H groups in total. The van der Waals surface area contributed by atoms with Gasteiger partial charge in [0, 0.05) is 36.3 Å². The van der Waals surface area contributed by atoms with Crippen LogP contribution in [0.2, 0.25) is 0 Å². The molecule has 7 heteroatoms. The predicted octanol–water partition coefficient (Wildman–Crippen LogP) is 2.87. The second kappa shape index (κ2) is 6.60. The van der Waals surface area contributed by atoms with Gasteiger partial charge in [0.25, 0.3) is 0 Å². The van der Waals surface area contributed by atoms with Crippen LogP contribution in [0.4, 0.5) is 19.3 Å². The lowest BCUT2D eigenvalue weighted by atomic mass is 10.3. The van der Waals surface area contributed by atoms with Crippen LogP contribution in [-0.4, -0.2) is 42.1 Å². The number of ether oxygens (including phenoxy) is 1. The maximum Gasteiger partial charge on any atom is 0.387 e. The number of carbonyl (C=O) groups is 1. The number of alkyl halides is 2. The first-order valence-electron chi connectivity index (χ1n) is 5.84. The van der Waals surface area contributed by atoms with Gasteiger partial charge in [-0.1, -0.05) is 6.07 Å². The summed E-state index contributed by atoms with van der Waals surface area (Å²) in [6, 6.07) is 5.77. The number of carbonyl (C=O) groups excluding carboxylic acids is 1. The Hall–Kier alpha value is -1.50. The summed E-state index contributed by atoms with van der Waals surface area (Å²) in [6.45, 7) is -1.47. The minimum atomic E-state index is -2.87. The molecular weight excluding hydrogens is 274 g/mol. The SMILES string of the molecule is O=C(Nc1cccc(OC(F)F)c1)N1CCSCC1. The van der Waals surface area contributed by atoms with Crippen LogP contribution in [0.1, 0.15) is 0 Å². The van der Waals surface area contributed by atoms with E-state index in [2.05, 4.69) is 10.1 Å². The molecule has 0 saturated carbocycles. The number of thioether (sulfide) groups is 1. The molecule has 2 amide bonds. The van der Waals surface area contributed by atoms with Crippen LogP contribution in [0.3, 0.4) is 0 Å². The molecule has 0 aromatic heterocycles. The Morgan fingerprint density at radius 1 is 1.37 bits per heavy atom. The predicted molar refractivity (Wildman–Crippen MR) is 71.0 cm³/mol. The molecule has 2 rings (SSSR count). The van der Waals surface area contributed by atoms with E-state index in [1.54, 1.807) is 28.8 Å². The van der Waals surface area contributed by atoms with Crippen LogP contribution in [-0.2, 0) is 0 Å². The zero-order chi connectivity index (χ0) is 13.7. The molecule has 0 radical (unpaired) electrons. The van der Waals surface area contributed by atoms with Crippen molar-refractivity contribution in [2.75, 3.05) is 29.9 Å². The van der Waals surface area contributed by atoms with Crippen molar-refractivity contribution in [2.45, 2.75) is 6.61 Å². The van der Waals surface area contributed by atoms with Crippen molar-refractivity contribution < 1.29 is 18.3 Å². The first-order valence-corrected chi connectivity index (χ1v) is 6.99. The lowest BCUT2D eigenvalue weighted by Crippen LogP contribution is -2.40. The van der Waals surface area contributed by atoms with Crippen LogP contribution in [0, 0.1) is 0 Å². The Morgan fingerprint density at radius 2 is 2.11 bits per heavy atom. The van der Waals surface area contributed by atoms with Crippen LogP contribution < -0.4 is 10.1 Å². The van der Waals surface area contributed by atoms with E-state index in [4.69, 9.17) is 0 Å². The van der Waals surface area contributed by atoms with Gasteiger partial charge in [0.05, 0.1) is 0 Å². The molecule has 0 unspecified atom stereocenters. The fraction of sp³-hybridized carbons (Fsp3) is 0.417. The van der Waals surface area contributed by atoms with E-state index in [9.17, 15) is 13.6 Å². The fourth-order valence-corrected chi connectivity index (χ4v) is 2.62. The maximum atomic E-state index is 12.1. The number of nitrogens with zero attached hydrogens (tertiary/aromatic N) is 1. The summed E-state index contributed by atoms with van der Waals surface area (Å²) >= 11 is 1.81. The van der Waals surface area contributed by atoms with Crippen LogP contribution >= 0.6 is 11.8 Å². The third-order valence-corrected chi connectivity index (χ3v) is 3.55. The standard InChI is InChI=1S/C12H14F2N2O2S/c13-11(14)18-10-3-1-2-9(8-10)15-12(17)16-4-6-19-7-5-16/h1-3,8,11H,4-7H2,(H,15,17). The van der Waals surface area contributed by atoms with Gasteiger partial charge in [-0.3, -0.25) is 0 Å². The van der Waals surface area contributed by atoms with Crippen molar-refractivity contribution in [2.24, 2.45) is 0 Å². The highest BCUT2D eigenvalue weighted by Gasteiger charge is 2.16. The summed E-state index contributed by atoms with van der Waals surface area (Å²) < 4.78 is 28.5. The molecule has 1 fully saturated rings. The third kappa shape index (κ3) is 4.27. The molecule has 1 aromatic carbocycles. The smallest absolute Gasteiger partial charge is 0.387 e. The van der Waals surface area contributed by atoms with Crippen molar-refractivity contribution in [3.8, 4) is 5.75 Å². The molecule has 104 valence electrons. The average Bonchev–Trinajstić information content (AvgIpc) is 2.39. The van der Waals surface area contributed by atoms with Gasteiger partial charge < -0.3 is 15.0 Å². The van der Waals surface area contributed by atoms with Crippen LogP contribution in [0.5, 0.6) is 5.75 Å². The zero-order valence-corrected chi connectivity index (χ0v) is 11.0. The number of hydrogen-bond acceptors (Lipinski definition) is 3. The monoisotopic (exact) mass is 288 g/mol. The van der Waals surface area contributed by atoms with E-state index in [0.29, 0.717) is 18.8 Å². The molecule has 1 saturated heterocycles. The van der Waals surface area contributed by atoms with Gasteiger partial charge in [-0.25, -0.2) is 4.79 Å². The number of amides is 2. The summed E-state index contributed by atoms with van der Waals surface area (Å²) in [7, 11) is 0. The molecule has 0 atom stereocenters. The topological polar surface area (TPSA) is 41.6 Å². The summed E-state index contributed by atoms with van der Waals surface area (Å²) in [5.74, 6) is 1.87. The van der Waals surface area contributed by atoms with E-state index in [0.717, 1.165) is 11.5 Å². The van der Waals surface area contributed by atoms with E-state index in [1.165, 1.54) is 12.1 Å². The molecule has 1 aliphatic rings. The normalized spacial score (nSPS) is 15.4. The van der Waals surface area contributed by atoms with Crippen molar-refractivity contribution in [3.05, 3.63) is 24.3 Å². The fourth-order valence-electron chi connectivity index (χ4n) is 1.72. The highest BCUT2D eigenvalue weighted by atomic mass is 32.2. The number of urea groups is 1. The average molecular weight is 288 g/mol. The van der Waals surface area contributed by atoms with Crippen molar-refractivity contribution in [3.63, 3.8) is 0 Å². The maximum absolute atomic E-state index is 12.1. The highest BCUT2D eigenvalue weighted by molar-refractivity contribution is 7.99. The summed E-state index contributed by atoms with van der Waals surface area (Å²) in [5, 5.41) is 2.68. The zero-order valence-electron chi connectivity index (χ0n) is 10.1. The summed E-state index contributed by atoms with van der Waals surface area (Å²) in [4.78, 5) is 13.6. The van der Waals surface area contributed by atoms with E-state index in [1.807, 2.05) is 0 Å². The van der Waals surface area contributed by atoms with Gasteiger partial charge in [0.2, 0.25) is 0 Å². The largest absolute Gasteiger partial charge is 0.435 e. The first kappa shape index (κ1) is 13.9. The Bertz CT molecular complexity index is 439. The minimum Gasteiger partial charge on any atom is -0.435 e. The Kier molecular flexibility index (Phi) is 4.84. The molecule has 1 heterocycles. The first-order chi connectivity index (χ1) is 9.15. The van der Waals surface area contributed by atoms with Crippen LogP contribution in [0.25, 0.3) is 0 Å². The number of nitrogens with one attached hydrogen (secondary N) is 1. The van der Waals surface area contributed by atoms with Crippen LogP contribution in [0.15, 0.2) is 24.3 Å². The van der Waals surface area contributed by atoms with Crippen molar-refractivity contribution >= 4 is 23.5 Å². The third-order valence-electron chi connectivity index (χ3n) is 2.61.